The Balaban J connectivity index is 0.000000198. The Bertz CT molecular complexity index is 2610. The average Bonchev–Trinajstić information content (AvgIpc) is 3.28. The van der Waals surface area contributed by atoms with Gasteiger partial charge in [-0.2, -0.15) is 0 Å². The largest absolute Gasteiger partial charge is 0.488 e. The Kier molecular flexibility index (Phi) is 17.6. The lowest BCUT2D eigenvalue weighted by Crippen LogP contribution is -2.29. The molecule has 7 heteroatoms. The van der Waals surface area contributed by atoms with Crippen molar-refractivity contribution in [2.45, 2.75) is 55.4 Å². The molecule has 0 bridgehead atoms. The number of anilines is 6. The molecule has 0 saturated carbocycles. The molecule has 0 spiro atoms. The van der Waals surface area contributed by atoms with Crippen LogP contribution in [-0.2, 0) is 0 Å². The van der Waals surface area contributed by atoms with E-state index in [4.69, 9.17) is 10.0 Å². The summed E-state index contributed by atoms with van der Waals surface area (Å²) >= 11 is 3.53. The molecular formula is C56H57BBrIN2O2. The molecule has 0 aliphatic rings. The number of hydrogen-bond donors (Lipinski definition) is 2. The Morgan fingerprint density at radius 3 is 0.921 bits per heavy atom. The van der Waals surface area contributed by atoms with E-state index in [1.165, 1.54) is 78.4 Å². The molecule has 8 rings (SSSR count). The van der Waals surface area contributed by atoms with Gasteiger partial charge in [0.1, 0.15) is 0 Å². The molecule has 0 aromatic heterocycles. The lowest BCUT2D eigenvalue weighted by molar-refractivity contribution is 0.426. The summed E-state index contributed by atoms with van der Waals surface area (Å²) in [7, 11) is -1.34. The molecule has 0 unspecified atom stereocenters. The Morgan fingerprint density at radius 1 is 0.333 bits per heavy atom. The van der Waals surface area contributed by atoms with Crippen molar-refractivity contribution in [2.24, 2.45) is 0 Å². The fourth-order valence-corrected chi connectivity index (χ4v) is 7.27. The quantitative estimate of drug-likeness (QED) is 0.118. The predicted octanol–water partition coefficient (Wildman–Crippen LogP) is 15.2. The molecule has 0 radical (unpaired) electrons. The first-order valence-corrected chi connectivity index (χ1v) is 21.8. The standard InChI is InChI=1S/C28H27N.C22H22BrN.C6H7BO2.HI/c1-20-10-14-27(18-22(20)3)29(28-15-11-21(2)23(4)19-28)26-16-12-25(13-17-26)24-8-6-5-7-9-24;1-15-5-9-21(13-17(15)3)24(20-11-7-19(23)8-12-20)22-10-6-16(2)18(4)14-22;8-7(9)6-4-2-1-3-5-6;/h5-19H,1-4H3;5-14H,1-4H3;1-5,8-9H;1H. The van der Waals surface area contributed by atoms with Gasteiger partial charge in [0.25, 0.3) is 0 Å². The van der Waals surface area contributed by atoms with Gasteiger partial charge in [0.15, 0.2) is 0 Å². The first-order valence-electron chi connectivity index (χ1n) is 21.0. The number of halogens is 2. The summed E-state index contributed by atoms with van der Waals surface area (Å²) in [6, 6.07) is 63.2. The molecule has 2 N–H and O–H groups in total. The van der Waals surface area contributed by atoms with Crippen LogP contribution in [0.15, 0.2) is 186 Å². The number of nitrogens with zero attached hydrogens (tertiary/aromatic N) is 2. The van der Waals surface area contributed by atoms with Gasteiger partial charge in [-0.25, -0.2) is 0 Å². The minimum atomic E-state index is -1.34. The van der Waals surface area contributed by atoms with E-state index in [9.17, 15) is 0 Å². The second-order valence-corrected chi connectivity index (χ2v) is 16.8. The Morgan fingerprint density at radius 2 is 0.619 bits per heavy atom. The lowest BCUT2D eigenvalue weighted by Gasteiger charge is -2.27. The van der Waals surface area contributed by atoms with Crippen LogP contribution in [-0.4, -0.2) is 17.2 Å². The van der Waals surface area contributed by atoms with Crippen LogP contribution < -0.4 is 15.3 Å². The summed E-state index contributed by atoms with van der Waals surface area (Å²) in [4.78, 5) is 4.65. The minimum Gasteiger partial charge on any atom is -0.423 e. The van der Waals surface area contributed by atoms with Gasteiger partial charge in [0.05, 0.1) is 0 Å². The van der Waals surface area contributed by atoms with Crippen molar-refractivity contribution in [3.8, 4) is 11.1 Å². The number of benzene rings is 8. The van der Waals surface area contributed by atoms with E-state index in [0.29, 0.717) is 5.46 Å². The van der Waals surface area contributed by atoms with E-state index in [2.05, 4.69) is 233 Å². The lowest BCUT2D eigenvalue weighted by atomic mass is 9.81. The third kappa shape index (κ3) is 12.8. The van der Waals surface area contributed by atoms with Crippen LogP contribution >= 0.6 is 39.9 Å². The molecule has 320 valence electrons. The summed E-state index contributed by atoms with van der Waals surface area (Å²) in [5.41, 5.74) is 20.5. The van der Waals surface area contributed by atoms with Gasteiger partial charge in [0, 0.05) is 38.6 Å². The van der Waals surface area contributed by atoms with E-state index < -0.39 is 7.12 Å². The van der Waals surface area contributed by atoms with Crippen LogP contribution in [0.25, 0.3) is 11.1 Å². The normalized spacial score (nSPS) is 10.3. The van der Waals surface area contributed by atoms with Gasteiger partial charge in [-0.15, -0.1) is 24.0 Å². The summed E-state index contributed by atoms with van der Waals surface area (Å²) in [6.07, 6.45) is 0. The third-order valence-electron chi connectivity index (χ3n) is 11.4. The van der Waals surface area contributed by atoms with Crippen LogP contribution in [0.1, 0.15) is 44.5 Å². The van der Waals surface area contributed by atoms with Crippen molar-refractivity contribution in [3.63, 3.8) is 0 Å². The van der Waals surface area contributed by atoms with E-state index in [0.717, 1.165) is 15.8 Å². The topological polar surface area (TPSA) is 46.9 Å². The zero-order valence-electron chi connectivity index (χ0n) is 37.5. The minimum absolute atomic E-state index is 0. The first kappa shape index (κ1) is 48.6. The van der Waals surface area contributed by atoms with Gasteiger partial charge in [0.2, 0.25) is 0 Å². The molecular weight excluding hydrogens is 950 g/mol. The van der Waals surface area contributed by atoms with Gasteiger partial charge in [-0.3, -0.25) is 0 Å². The summed E-state index contributed by atoms with van der Waals surface area (Å²) in [5, 5.41) is 17.2. The maximum Gasteiger partial charge on any atom is 0.488 e. The average molecular weight is 1010 g/mol. The Labute approximate surface area is 401 Å². The fourth-order valence-electron chi connectivity index (χ4n) is 7.00. The van der Waals surface area contributed by atoms with Crippen LogP contribution in [0.3, 0.4) is 0 Å². The first-order chi connectivity index (χ1) is 29.8. The van der Waals surface area contributed by atoms with Crippen molar-refractivity contribution in [1.82, 2.24) is 0 Å². The van der Waals surface area contributed by atoms with Crippen LogP contribution in [0.4, 0.5) is 34.1 Å². The molecule has 0 atom stereocenters. The van der Waals surface area contributed by atoms with Crippen LogP contribution in [0.5, 0.6) is 0 Å². The van der Waals surface area contributed by atoms with E-state index in [-0.39, 0.29) is 24.0 Å². The zero-order chi connectivity index (χ0) is 44.3. The SMILES string of the molecule is Cc1ccc(N(c2ccc(-c3ccccc3)cc2)c2ccc(C)c(C)c2)cc1C.Cc1ccc(N(c2ccc(Br)cc2)c2ccc(C)c(C)c2)cc1C.I.OB(O)c1ccccc1. The fraction of sp³-hybridized carbons (Fsp3) is 0.143. The monoisotopic (exact) mass is 1010 g/mol. The van der Waals surface area contributed by atoms with Gasteiger partial charge in [-0.05, 0) is 201 Å². The highest BCUT2D eigenvalue weighted by molar-refractivity contribution is 14.0. The molecule has 63 heavy (non-hydrogen) atoms. The van der Waals surface area contributed by atoms with Crippen molar-refractivity contribution in [3.05, 3.63) is 231 Å². The highest BCUT2D eigenvalue weighted by Crippen LogP contribution is 2.38. The van der Waals surface area contributed by atoms with E-state index in [1.54, 1.807) is 24.3 Å². The van der Waals surface area contributed by atoms with Gasteiger partial charge >= 0.3 is 7.12 Å². The molecule has 0 amide bonds. The van der Waals surface area contributed by atoms with Crippen molar-refractivity contribution >= 4 is 86.6 Å². The number of aryl methyl sites for hydroxylation is 8. The van der Waals surface area contributed by atoms with E-state index >= 15 is 0 Å². The van der Waals surface area contributed by atoms with Gasteiger partial charge < -0.3 is 19.8 Å². The smallest absolute Gasteiger partial charge is 0.423 e. The van der Waals surface area contributed by atoms with Crippen molar-refractivity contribution < 1.29 is 10.0 Å². The number of rotatable bonds is 8. The molecule has 0 fully saturated rings. The van der Waals surface area contributed by atoms with Crippen molar-refractivity contribution in [1.29, 1.82) is 0 Å². The molecule has 0 aliphatic carbocycles. The second kappa shape index (κ2) is 22.8. The van der Waals surface area contributed by atoms with E-state index in [1.807, 2.05) is 6.07 Å². The molecule has 0 saturated heterocycles. The summed E-state index contributed by atoms with van der Waals surface area (Å²) in [6.45, 7) is 17.3. The highest BCUT2D eigenvalue weighted by Gasteiger charge is 2.16. The second-order valence-electron chi connectivity index (χ2n) is 15.9. The molecule has 0 heterocycles. The van der Waals surface area contributed by atoms with Crippen molar-refractivity contribution in [2.75, 3.05) is 9.80 Å². The predicted molar refractivity (Wildman–Crippen MR) is 285 cm³/mol. The molecule has 8 aromatic rings. The molecule has 4 nitrogen and oxygen atoms in total. The maximum atomic E-state index is 8.58. The highest BCUT2D eigenvalue weighted by atomic mass is 127. The Hall–Kier alpha value is -5.45. The summed E-state index contributed by atoms with van der Waals surface area (Å²) < 4.78 is 1.09. The van der Waals surface area contributed by atoms with Crippen LogP contribution in [0, 0.1) is 55.4 Å². The van der Waals surface area contributed by atoms with Crippen LogP contribution in [0.2, 0.25) is 0 Å². The zero-order valence-corrected chi connectivity index (χ0v) is 41.4. The summed E-state index contributed by atoms with van der Waals surface area (Å²) in [5.74, 6) is 0. The third-order valence-corrected chi connectivity index (χ3v) is 11.9. The maximum absolute atomic E-state index is 8.58. The number of hydrogen-bond acceptors (Lipinski definition) is 4. The molecule has 8 aromatic carbocycles. The van der Waals surface area contributed by atoms with Gasteiger partial charge in [-0.1, -0.05) is 113 Å². The molecule has 0 aliphatic heterocycles.